The number of carboxylic acids is 1. The van der Waals surface area contributed by atoms with Crippen LogP contribution in [0, 0.1) is 5.41 Å². The van der Waals surface area contributed by atoms with Gasteiger partial charge < -0.3 is 10.0 Å². The Balaban J connectivity index is 1.70. The van der Waals surface area contributed by atoms with E-state index < -0.39 is 11.4 Å². The predicted molar refractivity (Wildman–Crippen MR) is 149 cm³/mol. The van der Waals surface area contributed by atoms with Crippen molar-refractivity contribution in [3.8, 4) is 0 Å². The molecule has 0 radical (unpaired) electrons. The van der Waals surface area contributed by atoms with E-state index in [1.165, 1.54) is 0 Å². The van der Waals surface area contributed by atoms with Gasteiger partial charge in [0.15, 0.2) is 0 Å². The third-order valence-electron chi connectivity index (χ3n) is 7.98. The molecule has 1 aliphatic carbocycles. The molecular weight excluding hydrogens is 519 g/mol. The lowest BCUT2D eigenvalue weighted by Gasteiger charge is -2.51. The minimum atomic E-state index is -1.09. The molecule has 2 aliphatic rings. The Kier molecular flexibility index (Phi) is 7.52. The van der Waals surface area contributed by atoms with Gasteiger partial charge in [-0.25, -0.2) is 0 Å². The molecule has 0 bridgehead atoms. The summed E-state index contributed by atoms with van der Waals surface area (Å²) in [6.07, 6.45) is 3.04. The Morgan fingerprint density at radius 3 is 2.39 bits per heavy atom. The minimum absolute atomic E-state index is 0.163. The number of hydrogen-bond donors (Lipinski definition) is 1. The first-order chi connectivity index (χ1) is 18.2. The molecule has 2 fully saturated rings. The SMILES string of the molecule is CC[C@@H](c1cccc(C2CC2)n1)N1C(=O)[C@](C)(CC(=O)O)C[C@H](c2cccc(Cl)c2)[C@H]1c1ccc(Cl)cc1. The van der Waals surface area contributed by atoms with E-state index in [9.17, 15) is 14.7 Å². The maximum absolute atomic E-state index is 14.5. The van der Waals surface area contributed by atoms with E-state index in [1.807, 2.05) is 65.6 Å². The van der Waals surface area contributed by atoms with Crippen LogP contribution in [0.4, 0.5) is 0 Å². The number of aromatic nitrogens is 1. The maximum atomic E-state index is 14.5. The van der Waals surface area contributed by atoms with E-state index >= 15 is 0 Å². The van der Waals surface area contributed by atoms with Crippen LogP contribution in [0.25, 0.3) is 0 Å². The number of carbonyl (C=O) groups excluding carboxylic acids is 1. The van der Waals surface area contributed by atoms with Gasteiger partial charge in [-0.15, -0.1) is 0 Å². The van der Waals surface area contributed by atoms with Gasteiger partial charge in [-0.3, -0.25) is 14.6 Å². The summed E-state index contributed by atoms with van der Waals surface area (Å²) in [4.78, 5) is 33.4. The number of carbonyl (C=O) groups is 2. The van der Waals surface area contributed by atoms with Gasteiger partial charge in [0.25, 0.3) is 0 Å². The van der Waals surface area contributed by atoms with Crippen LogP contribution in [0.5, 0.6) is 0 Å². The highest BCUT2D eigenvalue weighted by atomic mass is 35.5. The van der Waals surface area contributed by atoms with Crippen molar-refractivity contribution >= 4 is 35.1 Å². The molecule has 7 heteroatoms. The second-order valence-electron chi connectivity index (χ2n) is 10.9. The third kappa shape index (κ3) is 5.32. The van der Waals surface area contributed by atoms with Crippen molar-refractivity contribution in [3.05, 3.63) is 99.3 Å². The molecule has 0 unspecified atom stereocenters. The lowest BCUT2D eigenvalue weighted by molar-refractivity contribution is -0.161. The average molecular weight is 552 g/mol. The molecule has 38 heavy (non-hydrogen) atoms. The molecule has 5 nitrogen and oxygen atoms in total. The van der Waals surface area contributed by atoms with Crippen molar-refractivity contribution in [2.75, 3.05) is 0 Å². The van der Waals surface area contributed by atoms with Crippen LogP contribution in [0.15, 0.2) is 66.7 Å². The van der Waals surface area contributed by atoms with Gasteiger partial charge in [-0.05, 0) is 73.2 Å². The number of likely N-dealkylation sites (tertiary alicyclic amines) is 1. The Hall–Kier alpha value is -2.89. The van der Waals surface area contributed by atoms with Crippen molar-refractivity contribution < 1.29 is 14.7 Å². The van der Waals surface area contributed by atoms with Crippen LogP contribution in [-0.4, -0.2) is 26.9 Å². The summed E-state index contributed by atoms with van der Waals surface area (Å²) in [5.74, 6) is -0.855. The van der Waals surface area contributed by atoms with Gasteiger partial charge >= 0.3 is 5.97 Å². The summed E-state index contributed by atoms with van der Waals surface area (Å²) in [5.41, 5.74) is 2.73. The molecule has 4 atom stereocenters. The number of hydrogen-bond acceptors (Lipinski definition) is 3. The number of halogens is 2. The highest BCUT2D eigenvalue weighted by Gasteiger charge is 2.52. The number of carboxylic acid groups (broad SMARTS) is 1. The first-order valence-corrected chi connectivity index (χ1v) is 14.0. The summed E-state index contributed by atoms with van der Waals surface area (Å²) in [6, 6.07) is 20.7. The van der Waals surface area contributed by atoms with Gasteiger partial charge in [-0.2, -0.15) is 0 Å². The van der Waals surface area contributed by atoms with Crippen molar-refractivity contribution in [2.24, 2.45) is 5.41 Å². The van der Waals surface area contributed by atoms with E-state index in [1.54, 1.807) is 6.92 Å². The number of aliphatic carboxylic acids is 1. The molecule has 3 aromatic rings. The summed E-state index contributed by atoms with van der Waals surface area (Å²) in [7, 11) is 0. The number of rotatable bonds is 8. The van der Waals surface area contributed by atoms with E-state index in [0.29, 0.717) is 28.8 Å². The zero-order valence-corrected chi connectivity index (χ0v) is 23.1. The molecule has 0 spiro atoms. The van der Waals surface area contributed by atoms with Gasteiger partial charge in [0, 0.05) is 27.6 Å². The normalized spacial score (nSPS) is 24.3. The first-order valence-electron chi connectivity index (χ1n) is 13.2. The third-order valence-corrected chi connectivity index (χ3v) is 8.47. The first kappa shape index (κ1) is 26.7. The fraction of sp³-hybridized carbons (Fsp3) is 0.387. The van der Waals surface area contributed by atoms with Gasteiger partial charge in [0.1, 0.15) is 0 Å². The van der Waals surface area contributed by atoms with Crippen LogP contribution in [0.3, 0.4) is 0 Å². The van der Waals surface area contributed by atoms with Crippen molar-refractivity contribution in [2.45, 2.75) is 69.9 Å². The number of nitrogens with zero attached hydrogens (tertiary/aromatic N) is 2. The zero-order valence-electron chi connectivity index (χ0n) is 21.6. The lowest BCUT2D eigenvalue weighted by Crippen LogP contribution is -2.53. The highest BCUT2D eigenvalue weighted by molar-refractivity contribution is 6.30. The minimum Gasteiger partial charge on any atom is -0.481 e. The fourth-order valence-corrected chi connectivity index (χ4v) is 6.36. The van der Waals surface area contributed by atoms with Crippen LogP contribution in [0.1, 0.15) is 92.4 Å². The molecule has 1 saturated carbocycles. The van der Waals surface area contributed by atoms with Crippen LogP contribution in [-0.2, 0) is 9.59 Å². The number of amides is 1. The Bertz CT molecular complexity index is 1340. The molecule has 1 N–H and O–H groups in total. The molecule has 198 valence electrons. The largest absolute Gasteiger partial charge is 0.481 e. The Labute approximate surface area is 233 Å². The van der Waals surface area contributed by atoms with Crippen LogP contribution < -0.4 is 0 Å². The van der Waals surface area contributed by atoms with E-state index in [4.69, 9.17) is 28.2 Å². The molecule has 1 aromatic heterocycles. The van der Waals surface area contributed by atoms with Crippen molar-refractivity contribution in [3.63, 3.8) is 0 Å². The summed E-state index contributed by atoms with van der Waals surface area (Å²) in [5, 5.41) is 11.1. The van der Waals surface area contributed by atoms with Gasteiger partial charge in [0.2, 0.25) is 5.91 Å². The monoisotopic (exact) mass is 550 g/mol. The summed E-state index contributed by atoms with van der Waals surface area (Å²) in [6.45, 7) is 3.84. The number of benzene rings is 2. The number of pyridine rings is 1. The summed E-state index contributed by atoms with van der Waals surface area (Å²) < 4.78 is 0. The topological polar surface area (TPSA) is 70.5 Å². The van der Waals surface area contributed by atoms with Gasteiger partial charge in [-0.1, -0.05) is 67.4 Å². The second kappa shape index (κ2) is 10.7. The quantitative estimate of drug-likeness (QED) is 0.308. The van der Waals surface area contributed by atoms with Crippen LogP contribution in [0.2, 0.25) is 10.0 Å². The van der Waals surface area contributed by atoms with Crippen molar-refractivity contribution in [1.29, 1.82) is 0 Å². The molecule has 5 rings (SSSR count). The highest BCUT2D eigenvalue weighted by Crippen LogP contribution is 2.54. The molecule has 2 heterocycles. The second-order valence-corrected chi connectivity index (χ2v) is 11.8. The standard InChI is InChI=1S/C31H32Cl2N2O3/c1-3-27(26-9-5-8-25(34-26)19-10-11-19)35-29(20-12-14-22(32)15-13-20)24(21-6-4-7-23(33)16-21)17-31(2,30(35)38)18-28(36)37/h4-9,12-16,19,24,27,29H,3,10-11,17-18H2,1-2H3,(H,36,37)/t24-,27+,29-,31+/m1/s1. The van der Waals surface area contributed by atoms with E-state index in [-0.39, 0.29) is 30.3 Å². The zero-order chi connectivity index (χ0) is 27.0. The Morgan fingerprint density at radius 2 is 1.76 bits per heavy atom. The maximum Gasteiger partial charge on any atom is 0.304 e. The van der Waals surface area contributed by atoms with E-state index in [2.05, 4.69) is 13.0 Å². The average Bonchev–Trinajstić information content (AvgIpc) is 3.73. The number of piperidine rings is 1. The lowest BCUT2D eigenvalue weighted by atomic mass is 9.67. The van der Waals surface area contributed by atoms with Gasteiger partial charge in [0.05, 0.1) is 29.6 Å². The smallest absolute Gasteiger partial charge is 0.304 e. The molecule has 1 aliphatic heterocycles. The fourth-order valence-electron chi connectivity index (χ4n) is 6.03. The predicted octanol–water partition coefficient (Wildman–Crippen LogP) is 7.96. The molecule has 1 saturated heterocycles. The van der Waals surface area contributed by atoms with Crippen LogP contribution >= 0.6 is 23.2 Å². The Morgan fingerprint density at radius 1 is 1.05 bits per heavy atom. The molecular formula is C31H32Cl2N2O3. The molecule has 2 aromatic carbocycles. The van der Waals surface area contributed by atoms with E-state index in [0.717, 1.165) is 35.4 Å². The molecule has 1 amide bonds. The summed E-state index contributed by atoms with van der Waals surface area (Å²) >= 11 is 12.7. The van der Waals surface area contributed by atoms with Crippen molar-refractivity contribution in [1.82, 2.24) is 9.88 Å².